The average Bonchev–Trinajstić information content (AvgIpc) is 2.90. The summed E-state index contributed by atoms with van der Waals surface area (Å²) in [6.07, 6.45) is 6.24. The predicted molar refractivity (Wildman–Crippen MR) is 90.6 cm³/mol. The zero-order chi connectivity index (χ0) is 16.7. The van der Waals surface area contributed by atoms with Crippen molar-refractivity contribution in [3.8, 4) is 5.75 Å². The maximum Gasteiger partial charge on any atom is 0.260 e. The van der Waals surface area contributed by atoms with Crippen molar-refractivity contribution in [2.24, 2.45) is 23.1 Å². The number of rotatable bonds is 4. The summed E-state index contributed by atoms with van der Waals surface area (Å²) in [4.78, 5) is 16.4. The second kappa shape index (κ2) is 6.33. The van der Waals surface area contributed by atoms with E-state index in [-0.39, 0.29) is 5.41 Å². The van der Waals surface area contributed by atoms with Gasteiger partial charge in [-0.25, -0.2) is 0 Å². The third-order valence-corrected chi connectivity index (χ3v) is 7.00. The first kappa shape index (κ1) is 16.4. The third kappa shape index (κ3) is 2.56. The Morgan fingerprint density at radius 2 is 2.12 bits per heavy atom. The Labute approximate surface area is 146 Å². The van der Waals surface area contributed by atoms with Crippen molar-refractivity contribution < 1.29 is 18.3 Å². The summed E-state index contributed by atoms with van der Waals surface area (Å²) in [5.74, 6) is 7.84. The first-order valence-corrected chi connectivity index (χ1v) is 9.33. The summed E-state index contributed by atoms with van der Waals surface area (Å²) in [6, 6.07) is 6.25. The lowest BCUT2D eigenvalue weighted by molar-refractivity contribution is -0.199. The maximum atomic E-state index is 12.4. The monoisotopic (exact) mass is 349 g/mol. The minimum absolute atomic E-state index is 0.0576. The molecule has 3 aliphatic rings. The number of benzene rings is 1. The topological polar surface area (TPSA) is 70.8 Å². The molecule has 0 radical (unpaired) electrons. The van der Waals surface area contributed by atoms with Gasteiger partial charge in [0.1, 0.15) is 11.5 Å². The van der Waals surface area contributed by atoms with Crippen molar-refractivity contribution >= 4 is 18.1 Å². The Morgan fingerprint density at radius 1 is 1.25 bits per heavy atom. The fraction of sp³-hybridized carbons (Fsp3) is 0.611. The van der Waals surface area contributed by atoms with Gasteiger partial charge in [0.25, 0.3) is 12.3 Å². The number of hydrogen-bond acceptors (Lipinski definition) is 6. The van der Waals surface area contributed by atoms with E-state index in [1.54, 1.807) is 0 Å². The first-order chi connectivity index (χ1) is 11.6. The number of carbonyl (C=O) groups is 1. The zero-order valence-corrected chi connectivity index (χ0v) is 14.6. The van der Waals surface area contributed by atoms with Gasteiger partial charge in [-0.1, -0.05) is 13.0 Å². The van der Waals surface area contributed by atoms with Crippen LogP contribution in [0.1, 0.15) is 56.1 Å². The summed E-state index contributed by atoms with van der Waals surface area (Å²) >= 11 is 0.707. The zero-order valence-electron chi connectivity index (χ0n) is 13.8. The van der Waals surface area contributed by atoms with E-state index in [1.165, 1.54) is 17.5 Å². The molecule has 1 aromatic carbocycles. The lowest BCUT2D eigenvalue weighted by Crippen LogP contribution is -2.42. The Bertz CT molecular complexity index is 652. The van der Waals surface area contributed by atoms with Gasteiger partial charge in [0.2, 0.25) is 0 Å². The summed E-state index contributed by atoms with van der Waals surface area (Å²) in [5.41, 5.74) is 2.75. The van der Waals surface area contributed by atoms with Crippen molar-refractivity contribution in [3.63, 3.8) is 0 Å². The van der Waals surface area contributed by atoms with Crippen LogP contribution in [0.4, 0.5) is 0 Å². The molecule has 4 atom stereocenters. The molecule has 0 heterocycles. The largest absolute Gasteiger partial charge is 0.399 e. The second-order valence-corrected chi connectivity index (χ2v) is 7.95. The van der Waals surface area contributed by atoms with Crippen molar-refractivity contribution in [3.05, 3.63) is 29.3 Å². The van der Waals surface area contributed by atoms with Crippen LogP contribution >= 0.6 is 12.3 Å². The molecule has 0 bridgehead atoms. The van der Waals surface area contributed by atoms with Crippen LogP contribution in [0.5, 0.6) is 5.75 Å². The smallest absolute Gasteiger partial charge is 0.260 e. The predicted octanol–water partition coefficient (Wildman–Crippen LogP) is 3.88. The molecule has 0 aromatic heterocycles. The molecule has 5 nitrogen and oxygen atoms in total. The molecule has 1 aromatic rings. The van der Waals surface area contributed by atoms with E-state index < -0.39 is 0 Å². The summed E-state index contributed by atoms with van der Waals surface area (Å²) < 4.78 is 9.87. The van der Waals surface area contributed by atoms with E-state index >= 15 is 0 Å². The molecule has 3 unspecified atom stereocenters. The highest BCUT2D eigenvalue weighted by atomic mass is 32.2. The SMILES string of the molecule is C[C@]12CCC3c4ccc(OSOON)cc4CCC3C1CCC2=O. The van der Waals surface area contributed by atoms with E-state index in [0.29, 0.717) is 35.9 Å². The molecule has 4 rings (SSSR count). The number of carbonyl (C=O) groups excluding carboxylic acids is 1. The van der Waals surface area contributed by atoms with Crippen LogP contribution in [-0.2, 0) is 20.5 Å². The normalized spacial score (nSPS) is 34.4. The number of fused-ring (bicyclic) bond motifs is 5. The van der Waals surface area contributed by atoms with Gasteiger partial charge in [-0.2, -0.15) is 5.90 Å². The molecule has 6 heteroatoms. The van der Waals surface area contributed by atoms with Gasteiger partial charge in [-0.15, -0.1) is 9.32 Å². The molecule has 2 fully saturated rings. The van der Waals surface area contributed by atoms with Crippen LogP contribution in [0.3, 0.4) is 0 Å². The Hall–Kier alpha value is -1.08. The molecule has 0 aliphatic heterocycles. The van der Waals surface area contributed by atoms with Gasteiger partial charge < -0.3 is 4.18 Å². The lowest BCUT2D eigenvalue weighted by Gasteiger charge is -2.48. The summed E-state index contributed by atoms with van der Waals surface area (Å²) in [6.45, 7) is 2.21. The van der Waals surface area contributed by atoms with E-state index in [0.717, 1.165) is 37.9 Å². The number of Topliss-reactive ketones (excluding diaryl/α,β-unsaturated/α-hetero) is 1. The molecule has 0 spiro atoms. The highest BCUT2D eigenvalue weighted by Gasteiger charge is 2.54. The highest BCUT2D eigenvalue weighted by molar-refractivity contribution is 7.90. The van der Waals surface area contributed by atoms with Gasteiger partial charge in [0.05, 0.1) is 0 Å². The number of aryl methyl sites for hydroxylation is 1. The fourth-order valence-electron chi connectivity index (χ4n) is 5.45. The van der Waals surface area contributed by atoms with Crippen LogP contribution in [0.2, 0.25) is 0 Å². The van der Waals surface area contributed by atoms with Crippen LogP contribution in [0, 0.1) is 17.3 Å². The molecular weight excluding hydrogens is 326 g/mol. The van der Waals surface area contributed by atoms with Gasteiger partial charge in [0.15, 0.2) is 0 Å². The first-order valence-electron chi connectivity index (χ1n) is 8.66. The van der Waals surface area contributed by atoms with E-state index in [2.05, 4.69) is 28.4 Å². The molecule has 130 valence electrons. The molecule has 2 N–H and O–H groups in total. The van der Waals surface area contributed by atoms with Crippen molar-refractivity contribution in [1.82, 2.24) is 0 Å². The van der Waals surface area contributed by atoms with Crippen LogP contribution in [0.15, 0.2) is 18.2 Å². The standard InChI is InChI=1S/C18H23NO4S/c1-18-9-8-14-13-5-3-12(21-24-23-22-19)10-11(13)2-4-15(14)16(18)6-7-17(18)20/h3,5,10,14-16H,2,4,6-9,19H2,1H3/t14?,15?,16?,18-/m0/s1. The Kier molecular flexibility index (Phi) is 4.33. The van der Waals surface area contributed by atoms with Crippen molar-refractivity contribution in [2.45, 2.75) is 51.4 Å². The third-order valence-electron chi connectivity index (χ3n) is 6.60. The lowest BCUT2D eigenvalue weighted by atomic mass is 9.55. The van der Waals surface area contributed by atoms with E-state index in [4.69, 9.17) is 10.1 Å². The van der Waals surface area contributed by atoms with Gasteiger partial charge in [-0.05, 0) is 73.1 Å². The molecule has 2 saturated carbocycles. The minimum atomic E-state index is -0.0576. The number of ketones is 1. The van der Waals surface area contributed by atoms with Gasteiger partial charge >= 0.3 is 0 Å². The maximum absolute atomic E-state index is 12.4. The van der Waals surface area contributed by atoms with E-state index in [1.807, 2.05) is 6.07 Å². The highest BCUT2D eigenvalue weighted by Crippen LogP contribution is 2.59. The van der Waals surface area contributed by atoms with Gasteiger partial charge in [-0.3, -0.25) is 4.79 Å². The van der Waals surface area contributed by atoms with E-state index in [9.17, 15) is 4.79 Å². The average molecular weight is 349 g/mol. The molecule has 3 aliphatic carbocycles. The Balaban J connectivity index is 1.56. The summed E-state index contributed by atoms with van der Waals surface area (Å²) in [7, 11) is 0. The van der Waals surface area contributed by atoms with Crippen LogP contribution in [0.25, 0.3) is 0 Å². The van der Waals surface area contributed by atoms with Crippen molar-refractivity contribution in [2.75, 3.05) is 0 Å². The minimum Gasteiger partial charge on any atom is -0.399 e. The quantitative estimate of drug-likeness (QED) is 0.385. The fourth-order valence-corrected chi connectivity index (χ4v) is 5.69. The number of nitrogens with two attached hydrogens (primary N) is 1. The molecule has 0 saturated heterocycles. The molecule has 24 heavy (non-hydrogen) atoms. The molecule has 0 amide bonds. The summed E-state index contributed by atoms with van der Waals surface area (Å²) in [5, 5.41) is 0. The van der Waals surface area contributed by atoms with Crippen molar-refractivity contribution in [1.29, 1.82) is 0 Å². The van der Waals surface area contributed by atoms with Crippen LogP contribution < -0.4 is 10.1 Å². The second-order valence-electron chi connectivity index (χ2n) is 7.51. The van der Waals surface area contributed by atoms with Crippen LogP contribution in [-0.4, -0.2) is 5.78 Å². The molecular formula is C18H23NO4S. The van der Waals surface area contributed by atoms with Gasteiger partial charge in [0, 0.05) is 11.8 Å². The number of hydrogen-bond donors (Lipinski definition) is 1. The Morgan fingerprint density at radius 3 is 2.96 bits per heavy atom.